The van der Waals surface area contributed by atoms with Gasteiger partial charge in [0.25, 0.3) is 5.22 Å². The number of hydrogen-bond acceptors (Lipinski definition) is 6. The lowest BCUT2D eigenvalue weighted by Crippen LogP contribution is -2.33. The third-order valence-electron chi connectivity index (χ3n) is 3.99. The van der Waals surface area contributed by atoms with Gasteiger partial charge in [-0.15, -0.1) is 0 Å². The van der Waals surface area contributed by atoms with E-state index in [0.717, 1.165) is 28.2 Å². The minimum absolute atomic E-state index is 0.117. The van der Waals surface area contributed by atoms with Crippen molar-refractivity contribution in [2.45, 2.75) is 31.0 Å². The zero-order valence-electron chi connectivity index (χ0n) is 14.4. The molecule has 128 valence electrons. The molecule has 0 unspecified atom stereocenters. The molecule has 0 saturated carbocycles. The van der Waals surface area contributed by atoms with Gasteiger partial charge in [-0.1, -0.05) is 41.3 Å². The largest absolute Gasteiger partial charge is 0.431 e. The van der Waals surface area contributed by atoms with Gasteiger partial charge in [0, 0.05) is 5.54 Å². The summed E-state index contributed by atoms with van der Waals surface area (Å²) in [5, 5.41) is 5.24. The number of aromatic nitrogens is 2. The van der Waals surface area contributed by atoms with Crippen molar-refractivity contribution in [1.82, 2.24) is 9.97 Å². The summed E-state index contributed by atoms with van der Waals surface area (Å²) in [7, 11) is 0. The predicted octanol–water partition coefficient (Wildman–Crippen LogP) is 5.59. The second kappa shape index (κ2) is 6.35. The highest BCUT2D eigenvalue weighted by Gasteiger charge is 2.20. The number of nitrogens with zero attached hydrogens (tertiary/aromatic N) is 2. The molecule has 0 aliphatic rings. The van der Waals surface area contributed by atoms with Crippen LogP contribution < -0.4 is 5.32 Å². The van der Waals surface area contributed by atoms with E-state index < -0.39 is 0 Å². The maximum atomic E-state index is 5.66. The van der Waals surface area contributed by atoms with Crippen LogP contribution in [0.5, 0.6) is 0 Å². The molecule has 2 aromatic carbocycles. The third-order valence-corrected chi connectivity index (χ3v) is 5.47. The first-order valence-corrected chi connectivity index (χ1v) is 10.1. The molecule has 0 fully saturated rings. The van der Waals surface area contributed by atoms with Crippen molar-refractivity contribution >= 4 is 49.5 Å². The lowest BCUT2D eigenvalue weighted by molar-refractivity contribution is 0.490. The van der Waals surface area contributed by atoms with Gasteiger partial charge >= 0.3 is 0 Å². The zero-order valence-corrected chi connectivity index (χ0v) is 16.0. The van der Waals surface area contributed by atoms with Crippen LogP contribution >= 0.6 is 23.1 Å². The molecule has 25 heavy (non-hydrogen) atoms. The summed E-state index contributed by atoms with van der Waals surface area (Å²) in [4.78, 5) is 9.18. The van der Waals surface area contributed by atoms with E-state index in [-0.39, 0.29) is 5.54 Å². The maximum absolute atomic E-state index is 5.66. The first-order chi connectivity index (χ1) is 12.0. The first kappa shape index (κ1) is 16.4. The number of oxazole rings is 1. The Bertz CT molecular complexity index is 1000. The SMILES string of the molecule is CSc1nc2cc(CC(C)(C)Nc3nc4ccccc4s3)ccc2o1. The number of fused-ring (bicyclic) bond motifs is 2. The highest BCUT2D eigenvalue weighted by Crippen LogP contribution is 2.29. The molecule has 0 radical (unpaired) electrons. The third kappa shape index (κ3) is 3.50. The second-order valence-electron chi connectivity index (χ2n) is 6.66. The van der Waals surface area contributed by atoms with Gasteiger partial charge in [0.15, 0.2) is 10.7 Å². The molecule has 1 N–H and O–H groups in total. The Morgan fingerprint density at radius 1 is 1.12 bits per heavy atom. The minimum Gasteiger partial charge on any atom is -0.431 e. The summed E-state index contributed by atoms with van der Waals surface area (Å²) >= 11 is 3.21. The quantitative estimate of drug-likeness (QED) is 0.465. The fourth-order valence-electron chi connectivity index (χ4n) is 2.92. The number of anilines is 1. The van der Waals surface area contributed by atoms with E-state index in [1.807, 2.05) is 30.5 Å². The molecule has 0 saturated heterocycles. The summed E-state index contributed by atoms with van der Waals surface area (Å²) in [6.45, 7) is 4.39. The van der Waals surface area contributed by atoms with E-state index in [0.29, 0.717) is 5.22 Å². The topological polar surface area (TPSA) is 51.0 Å². The highest BCUT2D eigenvalue weighted by atomic mass is 32.2. The maximum Gasteiger partial charge on any atom is 0.256 e. The highest BCUT2D eigenvalue weighted by molar-refractivity contribution is 7.98. The van der Waals surface area contributed by atoms with Gasteiger partial charge in [0.05, 0.1) is 10.2 Å². The van der Waals surface area contributed by atoms with Crippen LogP contribution in [0.15, 0.2) is 52.1 Å². The molecule has 2 heterocycles. The molecule has 0 atom stereocenters. The van der Waals surface area contributed by atoms with Crippen molar-refractivity contribution in [1.29, 1.82) is 0 Å². The number of benzene rings is 2. The first-order valence-electron chi connectivity index (χ1n) is 8.10. The normalized spacial score (nSPS) is 12.1. The molecule has 6 heteroatoms. The van der Waals surface area contributed by atoms with Crippen LogP contribution in [0, 0.1) is 0 Å². The van der Waals surface area contributed by atoms with Crippen LogP contribution in [0.2, 0.25) is 0 Å². The Labute approximate surface area is 154 Å². The monoisotopic (exact) mass is 369 g/mol. The van der Waals surface area contributed by atoms with Crippen molar-refractivity contribution in [2.24, 2.45) is 0 Å². The number of hydrogen-bond donors (Lipinski definition) is 1. The van der Waals surface area contributed by atoms with Crippen molar-refractivity contribution in [3.05, 3.63) is 48.0 Å². The van der Waals surface area contributed by atoms with Crippen molar-refractivity contribution in [2.75, 3.05) is 11.6 Å². The van der Waals surface area contributed by atoms with Crippen molar-refractivity contribution in [3.63, 3.8) is 0 Å². The molecule has 4 rings (SSSR count). The molecule has 4 aromatic rings. The van der Waals surface area contributed by atoms with Crippen LogP contribution in [0.25, 0.3) is 21.3 Å². The fourth-order valence-corrected chi connectivity index (χ4v) is 4.33. The lowest BCUT2D eigenvalue weighted by Gasteiger charge is -2.26. The minimum atomic E-state index is -0.117. The Morgan fingerprint density at radius 3 is 2.76 bits per heavy atom. The molecular weight excluding hydrogens is 350 g/mol. The van der Waals surface area contributed by atoms with Gasteiger partial charge in [-0.25, -0.2) is 9.97 Å². The van der Waals surface area contributed by atoms with Crippen molar-refractivity contribution in [3.8, 4) is 0 Å². The number of para-hydroxylation sites is 1. The van der Waals surface area contributed by atoms with Crippen LogP contribution in [-0.2, 0) is 6.42 Å². The average Bonchev–Trinajstić information content (AvgIpc) is 3.15. The second-order valence-corrected chi connectivity index (χ2v) is 8.45. The van der Waals surface area contributed by atoms with Gasteiger partial charge in [-0.05, 0) is 56.4 Å². The molecule has 0 spiro atoms. The Kier molecular flexibility index (Phi) is 4.17. The summed E-state index contributed by atoms with van der Waals surface area (Å²) in [6, 6.07) is 14.4. The van der Waals surface area contributed by atoms with Crippen LogP contribution in [-0.4, -0.2) is 21.8 Å². The summed E-state index contributed by atoms with van der Waals surface area (Å²) in [6.07, 6.45) is 2.84. The molecule has 0 aliphatic heterocycles. The van der Waals surface area contributed by atoms with E-state index in [4.69, 9.17) is 4.42 Å². The van der Waals surface area contributed by atoms with E-state index in [2.05, 4.69) is 47.3 Å². The number of rotatable bonds is 5. The van der Waals surface area contributed by atoms with Crippen molar-refractivity contribution < 1.29 is 4.42 Å². The van der Waals surface area contributed by atoms with E-state index in [9.17, 15) is 0 Å². The fraction of sp³-hybridized carbons (Fsp3) is 0.263. The zero-order chi connectivity index (χ0) is 17.4. The Hall–Kier alpha value is -2.05. The Balaban J connectivity index is 1.55. The van der Waals surface area contributed by atoms with Crippen LogP contribution in [0.3, 0.4) is 0 Å². The summed E-state index contributed by atoms with van der Waals surface area (Å²) in [5.74, 6) is 0. The Morgan fingerprint density at radius 2 is 1.96 bits per heavy atom. The molecular formula is C19H19N3OS2. The van der Waals surface area contributed by atoms with E-state index in [1.54, 1.807) is 11.3 Å². The smallest absolute Gasteiger partial charge is 0.256 e. The van der Waals surface area contributed by atoms with Gasteiger partial charge < -0.3 is 9.73 Å². The average molecular weight is 370 g/mol. The lowest BCUT2D eigenvalue weighted by atomic mass is 9.95. The number of thiazole rings is 1. The molecule has 4 nitrogen and oxygen atoms in total. The molecule has 0 bridgehead atoms. The summed E-state index contributed by atoms with van der Waals surface area (Å²) in [5.41, 5.74) is 3.90. The van der Waals surface area contributed by atoms with Gasteiger partial charge in [0.2, 0.25) is 0 Å². The van der Waals surface area contributed by atoms with Crippen LogP contribution in [0.1, 0.15) is 19.4 Å². The predicted molar refractivity (Wildman–Crippen MR) is 107 cm³/mol. The van der Waals surface area contributed by atoms with Crippen LogP contribution in [0.4, 0.5) is 5.13 Å². The van der Waals surface area contributed by atoms with Gasteiger partial charge in [-0.2, -0.15) is 0 Å². The molecule has 2 aromatic heterocycles. The van der Waals surface area contributed by atoms with E-state index >= 15 is 0 Å². The van der Waals surface area contributed by atoms with E-state index in [1.165, 1.54) is 22.0 Å². The standard InChI is InChI=1S/C19H19N3OS2/c1-19(2,22-17-20-13-6-4-5-7-16(13)25-17)11-12-8-9-15-14(10-12)21-18(23-15)24-3/h4-10H,11H2,1-3H3,(H,20,22). The van der Waals surface area contributed by atoms with Gasteiger partial charge in [0.1, 0.15) is 5.52 Å². The summed E-state index contributed by atoms with van der Waals surface area (Å²) < 4.78 is 6.86. The van der Waals surface area contributed by atoms with Gasteiger partial charge in [-0.3, -0.25) is 0 Å². The molecule has 0 aliphatic carbocycles. The molecule has 0 amide bonds. The number of nitrogens with one attached hydrogen (secondary N) is 1. The number of thioether (sulfide) groups is 1.